The van der Waals surface area contributed by atoms with Gasteiger partial charge in [-0.25, -0.2) is 4.98 Å². The number of anilines is 1. The Bertz CT molecular complexity index is 885. The predicted molar refractivity (Wildman–Crippen MR) is 135 cm³/mol. The average Bonchev–Trinajstić information content (AvgIpc) is 3.14. The molecule has 0 spiro atoms. The topological polar surface area (TPSA) is 62.2 Å². The number of fused-ring (bicyclic) bond motifs is 1. The molecule has 4 rings (SSSR count). The number of aromatic nitrogens is 1. The van der Waals surface area contributed by atoms with E-state index in [1.165, 1.54) is 5.56 Å². The fourth-order valence-corrected chi connectivity index (χ4v) is 4.10. The number of aliphatic imine (C=N–C) groups is 1. The minimum Gasteiger partial charge on any atom is -0.494 e. The predicted octanol–water partition coefficient (Wildman–Crippen LogP) is 3.32. The lowest BCUT2D eigenvalue weighted by Gasteiger charge is -2.37. The number of hydrogen-bond donors (Lipinski definition) is 1. The minimum absolute atomic E-state index is 0. The number of pyridine rings is 1. The Labute approximate surface area is 201 Å². The van der Waals surface area contributed by atoms with E-state index in [2.05, 4.69) is 50.2 Å². The van der Waals surface area contributed by atoms with Crippen LogP contribution in [-0.2, 0) is 13.0 Å². The maximum Gasteiger partial charge on any atom is 0.194 e. The van der Waals surface area contributed by atoms with E-state index in [-0.39, 0.29) is 30.1 Å². The highest BCUT2D eigenvalue weighted by molar-refractivity contribution is 14.0. The molecule has 168 valence electrons. The third-order valence-electron chi connectivity index (χ3n) is 5.58. The first-order valence-corrected chi connectivity index (χ1v) is 10.7. The van der Waals surface area contributed by atoms with Crippen molar-refractivity contribution in [1.29, 1.82) is 0 Å². The van der Waals surface area contributed by atoms with Gasteiger partial charge in [-0.3, -0.25) is 4.99 Å². The zero-order chi connectivity index (χ0) is 20.9. The van der Waals surface area contributed by atoms with Crippen LogP contribution in [0, 0.1) is 0 Å². The van der Waals surface area contributed by atoms with Crippen LogP contribution in [0.4, 0.5) is 5.82 Å². The summed E-state index contributed by atoms with van der Waals surface area (Å²) in [6.45, 7) is 9.06. The van der Waals surface area contributed by atoms with Crippen molar-refractivity contribution in [2.75, 3.05) is 44.7 Å². The van der Waals surface area contributed by atoms with Gasteiger partial charge in [-0.05, 0) is 38.1 Å². The number of nitrogens with one attached hydrogen (secondary N) is 1. The van der Waals surface area contributed by atoms with Crippen LogP contribution in [0.15, 0.2) is 41.5 Å². The van der Waals surface area contributed by atoms with Crippen LogP contribution in [0.1, 0.15) is 25.0 Å². The Hall–Kier alpha value is -2.23. The van der Waals surface area contributed by atoms with Crippen molar-refractivity contribution in [3.63, 3.8) is 0 Å². The maximum absolute atomic E-state index is 5.95. The van der Waals surface area contributed by atoms with Crippen LogP contribution >= 0.6 is 24.0 Å². The van der Waals surface area contributed by atoms with Gasteiger partial charge in [0.25, 0.3) is 0 Å². The quantitative estimate of drug-likeness (QED) is 0.359. The van der Waals surface area contributed by atoms with Gasteiger partial charge < -0.3 is 24.6 Å². The number of ether oxygens (including phenoxy) is 2. The molecular formula is C23H32IN5O2. The molecule has 0 bridgehead atoms. The Morgan fingerprint density at radius 3 is 2.74 bits per heavy atom. The molecule has 1 aromatic carbocycles. The second kappa shape index (κ2) is 10.9. The molecule has 31 heavy (non-hydrogen) atoms. The molecule has 1 fully saturated rings. The third-order valence-corrected chi connectivity index (χ3v) is 5.58. The van der Waals surface area contributed by atoms with Crippen LogP contribution < -0.4 is 19.7 Å². The van der Waals surface area contributed by atoms with Crippen molar-refractivity contribution in [2.45, 2.75) is 32.9 Å². The van der Waals surface area contributed by atoms with Gasteiger partial charge in [-0.1, -0.05) is 6.07 Å². The van der Waals surface area contributed by atoms with E-state index in [0.717, 1.165) is 61.4 Å². The summed E-state index contributed by atoms with van der Waals surface area (Å²) in [5.41, 5.74) is 2.32. The highest BCUT2D eigenvalue weighted by Gasteiger charge is 2.23. The zero-order valence-corrected chi connectivity index (χ0v) is 20.8. The number of hydrogen-bond acceptors (Lipinski definition) is 5. The molecule has 2 aromatic rings. The lowest BCUT2D eigenvalue weighted by Crippen LogP contribution is -2.52. The fourth-order valence-electron chi connectivity index (χ4n) is 4.10. The van der Waals surface area contributed by atoms with Gasteiger partial charge in [0.1, 0.15) is 23.4 Å². The van der Waals surface area contributed by atoms with E-state index >= 15 is 0 Å². The molecule has 0 aliphatic carbocycles. The van der Waals surface area contributed by atoms with Gasteiger partial charge in [0.15, 0.2) is 5.96 Å². The second-order valence-electron chi connectivity index (χ2n) is 7.70. The molecule has 1 saturated heterocycles. The van der Waals surface area contributed by atoms with Crippen LogP contribution in [0.25, 0.3) is 0 Å². The van der Waals surface area contributed by atoms with E-state index in [1.807, 2.05) is 32.3 Å². The Kier molecular flexibility index (Phi) is 8.22. The molecule has 2 aliphatic rings. The Balaban J connectivity index is 0.00000272. The van der Waals surface area contributed by atoms with Gasteiger partial charge in [0.05, 0.1) is 6.61 Å². The third kappa shape index (κ3) is 5.53. The fraction of sp³-hybridized carbons (Fsp3) is 0.478. The molecule has 1 atom stereocenters. The number of piperazine rings is 1. The summed E-state index contributed by atoms with van der Waals surface area (Å²) in [7, 11) is 1.84. The van der Waals surface area contributed by atoms with E-state index in [0.29, 0.717) is 13.2 Å². The average molecular weight is 537 g/mol. The molecule has 2 aliphatic heterocycles. The van der Waals surface area contributed by atoms with Crippen LogP contribution in [0.2, 0.25) is 0 Å². The SMILES string of the molecule is CCOc1cc2c(cc1CNC(=NC)N1CCN(c3ccccn3)CC1)OC(C)C2.I. The number of rotatable bonds is 5. The van der Waals surface area contributed by atoms with Gasteiger partial charge in [-0.15, -0.1) is 24.0 Å². The van der Waals surface area contributed by atoms with Gasteiger partial charge >= 0.3 is 0 Å². The van der Waals surface area contributed by atoms with E-state index < -0.39 is 0 Å². The number of nitrogens with zero attached hydrogens (tertiary/aromatic N) is 4. The number of benzene rings is 1. The molecule has 3 heterocycles. The normalized spacial score (nSPS) is 18.2. The van der Waals surface area contributed by atoms with Gasteiger partial charge in [-0.2, -0.15) is 0 Å². The lowest BCUT2D eigenvalue weighted by atomic mass is 10.1. The molecule has 1 unspecified atom stereocenters. The van der Waals surface area contributed by atoms with E-state index in [1.54, 1.807) is 0 Å². The maximum atomic E-state index is 5.95. The summed E-state index contributed by atoms with van der Waals surface area (Å²) in [6, 6.07) is 10.3. The van der Waals surface area contributed by atoms with E-state index in [4.69, 9.17) is 9.47 Å². The smallest absolute Gasteiger partial charge is 0.194 e. The summed E-state index contributed by atoms with van der Waals surface area (Å²) < 4.78 is 11.9. The van der Waals surface area contributed by atoms with Crippen molar-refractivity contribution in [3.8, 4) is 11.5 Å². The van der Waals surface area contributed by atoms with Crippen LogP contribution in [0.5, 0.6) is 11.5 Å². The molecule has 0 saturated carbocycles. The Morgan fingerprint density at radius 1 is 1.26 bits per heavy atom. The lowest BCUT2D eigenvalue weighted by molar-refractivity contribution is 0.254. The molecular weight excluding hydrogens is 505 g/mol. The van der Waals surface area contributed by atoms with Crippen LogP contribution in [0.3, 0.4) is 0 Å². The standard InChI is InChI=1S/C23H31N5O2.HI/c1-4-29-20-14-18-13-17(2)30-21(18)15-19(20)16-26-23(24-3)28-11-9-27(10-12-28)22-7-5-6-8-25-22;/h5-8,14-15,17H,4,9-13,16H2,1-3H3,(H,24,26);1H. The molecule has 1 N–H and O–H groups in total. The first-order valence-electron chi connectivity index (χ1n) is 10.7. The molecule has 8 heteroatoms. The van der Waals surface area contributed by atoms with Gasteiger partial charge in [0, 0.05) is 63.5 Å². The second-order valence-corrected chi connectivity index (χ2v) is 7.70. The highest BCUT2D eigenvalue weighted by Crippen LogP contribution is 2.35. The number of halogens is 1. The zero-order valence-electron chi connectivity index (χ0n) is 18.5. The first-order chi connectivity index (χ1) is 14.7. The van der Waals surface area contributed by atoms with Gasteiger partial charge in [0.2, 0.25) is 0 Å². The summed E-state index contributed by atoms with van der Waals surface area (Å²) in [4.78, 5) is 13.6. The molecule has 0 radical (unpaired) electrons. The van der Waals surface area contributed by atoms with Crippen molar-refractivity contribution < 1.29 is 9.47 Å². The summed E-state index contributed by atoms with van der Waals surface area (Å²) in [6.07, 6.45) is 3.01. The molecule has 7 nitrogen and oxygen atoms in total. The van der Waals surface area contributed by atoms with Crippen molar-refractivity contribution in [3.05, 3.63) is 47.7 Å². The Morgan fingerprint density at radius 2 is 2.06 bits per heavy atom. The minimum atomic E-state index is 0. The van der Waals surface area contributed by atoms with Crippen LogP contribution in [-0.4, -0.2) is 61.8 Å². The first kappa shape index (κ1) is 23.4. The van der Waals surface area contributed by atoms with E-state index in [9.17, 15) is 0 Å². The van der Waals surface area contributed by atoms with Crippen molar-refractivity contribution >= 4 is 35.8 Å². The molecule has 0 amide bonds. The summed E-state index contributed by atoms with van der Waals surface area (Å²) in [5.74, 6) is 3.85. The largest absolute Gasteiger partial charge is 0.494 e. The highest BCUT2D eigenvalue weighted by atomic mass is 127. The van der Waals surface area contributed by atoms with Crippen molar-refractivity contribution in [2.24, 2.45) is 4.99 Å². The number of guanidine groups is 1. The summed E-state index contributed by atoms with van der Waals surface area (Å²) >= 11 is 0. The van der Waals surface area contributed by atoms with Crippen molar-refractivity contribution in [1.82, 2.24) is 15.2 Å². The molecule has 1 aromatic heterocycles. The summed E-state index contributed by atoms with van der Waals surface area (Å²) in [5, 5.41) is 3.52. The monoisotopic (exact) mass is 537 g/mol.